The van der Waals surface area contributed by atoms with Crippen LogP contribution in [-0.4, -0.2) is 16.9 Å². The van der Waals surface area contributed by atoms with E-state index in [1.54, 1.807) is 24.3 Å². The van der Waals surface area contributed by atoms with Gasteiger partial charge in [-0.3, -0.25) is 10.1 Å². The van der Waals surface area contributed by atoms with E-state index in [1.165, 1.54) is 30.1 Å². The second kappa shape index (κ2) is 9.30. The highest BCUT2D eigenvalue weighted by atomic mass is 35.5. The normalized spacial score (nSPS) is 10.4. The molecule has 9 heteroatoms. The van der Waals surface area contributed by atoms with Gasteiger partial charge in [0.05, 0.1) is 32.5 Å². The molecule has 2 aromatic carbocycles. The highest BCUT2D eigenvalue weighted by molar-refractivity contribution is 7.99. The van der Waals surface area contributed by atoms with E-state index in [-0.39, 0.29) is 15.6 Å². The van der Waals surface area contributed by atoms with E-state index >= 15 is 0 Å². The van der Waals surface area contributed by atoms with Crippen LogP contribution in [0.5, 0.6) is 0 Å². The van der Waals surface area contributed by atoms with Crippen LogP contribution in [0.15, 0.2) is 70.7 Å². The molecule has 0 aliphatic carbocycles. The number of amides is 3. The molecule has 0 saturated heterocycles. The average molecular weight is 453 g/mol. The van der Waals surface area contributed by atoms with Crippen molar-refractivity contribution >= 4 is 64.2 Å². The molecule has 0 atom stereocenters. The average Bonchev–Trinajstić information content (AvgIpc) is 2.65. The number of carbonyl (C=O) groups excluding carboxylic acids is 2. The summed E-state index contributed by atoms with van der Waals surface area (Å²) < 4.78 is 0. The fourth-order valence-corrected chi connectivity index (χ4v) is 3.80. The van der Waals surface area contributed by atoms with Crippen LogP contribution in [0, 0.1) is 0 Å². The van der Waals surface area contributed by atoms with Crippen molar-refractivity contribution in [1.29, 1.82) is 0 Å². The molecule has 0 aliphatic rings. The molecule has 28 heavy (non-hydrogen) atoms. The minimum atomic E-state index is -0.728. The molecule has 0 radical (unpaired) electrons. The van der Waals surface area contributed by atoms with Crippen molar-refractivity contribution in [3.8, 4) is 0 Å². The third-order valence-electron chi connectivity index (χ3n) is 3.46. The van der Waals surface area contributed by atoms with Gasteiger partial charge in [-0.2, -0.15) is 0 Å². The van der Waals surface area contributed by atoms with Crippen LogP contribution in [0.1, 0.15) is 10.4 Å². The van der Waals surface area contributed by atoms with Gasteiger partial charge >= 0.3 is 6.03 Å². The zero-order chi connectivity index (χ0) is 20.1. The molecule has 1 heterocycles. The number of carbonyl (C=O) groups is 2. The summed E-state index contributed by atoms with van der Waals surface area (Å²) in [4.78, 5) is 29.4. The first kappa shape index (κ1) is 20.5. The first-order chi connectivity index (χ1) is 13.4. The van der Waals surface area contributed by atoms with Crippen LogP contribution in [0.4, 0.5) is 10.5 Å². The summed E-state index contributed by atoms with van der Waals surface area (Å²) in [6, 6.07) is 14.7. The van der Waals surface area contributed by atoms with Crippen LogP contribution in [-0.2, 0) is 0 Å². The Morgan fingerprint density at radius 1 is 0.857 bits per heavy atom. The summed E-state index contributed by atoms with van der Waals surface area (Å²) in [5.74, 6) is -0.702. The lowest BCUT2D eigenvalue weighted by molar-refractivity contribution is 0.0967. The lowest BCUT2D eigenvalue weighted by Crippen LogP contribution is -2.34. The standard InChI is InChI=1S/C19H12Cl3N3O2S/c20-12-4-1-2-7-15(12)28-16-9-8-11(10-23-16)24-19(27)25-18(26)17-13(21)5-3-6-14(17)22/h1-10H,(H2,24,25,26,27). The predicted octanol–water partition coefficient (Wildman–Crippen LogP) is 6.15. The molecule has 3 aromatic rings. The zero-order valence-electron chi connectivity index (χ0n) is 14.1. The predicted molar refractivity (Wildman–Crippen MR) is 113 cm³/mol. The van der Waals surface area contributed by atoms with Crippen molar-refractivity contribution in [2.45, 2.75) is 9.92 Å². The molecule has 1 aromatic heterocycles. The molecule has 3 amide bonds. The van der Waals surface area contributed by atoms with E-state index in [9.17, 15) is 9.59 Å². The molecule has 142 valence electrons. The van der Waals surface area contributed by atoms with Gasteiger partial charge in [-0.15, -0.1) is 0 Å². The van der Waals surface area contributed by atoms with Crippen molar-refractivity contribution < 1.29 is 9.59 Å². The number of halogens is 3. The van der Waals surface area contributed by atoms with E-state index in [0.29, 0.717) is 15.7 Å². The fraction of sp³-hybridized carbons (Fsp3) is 0. The van der Waals surface area contributed by atoms with Crippen molar-refractivity contribution in [3.05, 3.63) is 81.4 Å². The molecule has 3 rings (SSSR count). The van der Waals surface area contributed by atoms with Crippen molar-refractivity contribution in [3.63, 3.8) is 0 Å². The number of pyridine rings is 1. The van der Waals surface area contributed by atoms with Crippen LogP contribution < -0.4 is 10.6 Å². The molecule has 0 bridgehead atoms. The summed E-state index contributed by atoms with van der Waals surface area (Å²) in [7, 11) is 0. The molecule has 2 N–H and O–H groups in total. The number of imide groups is 1. The lowest BCUT2D eigenvalue weighted by Gasteiger charge is -2.09. The molecule has 5 nitrogen and oxygen atoms in total. The van der Waals surface area contributed by atoms with E-state index in [4.69, 9.17) is 34.8 Å². The van der Waals surface area contributed by atoms with E-state index < -0.39 is 11.9 Å². The quantitative estimate of drug-likeness (QED) is 0.497. The Morgan fingerprint density at radius 2 is 1.54 bits per heavy atom. The fourth-order valence-electron chi connectivity index (χ4n) is 2.20. The minimum absolute atomic E-state index is 0.0330. The maximum Gasteiger partial charge on any atom is 0.326 e. The van der Waals surface area contributed by atoms with Crippen LogP contribution in [0.2, 0.25) is 15.1 Å². The molecule has 0 fully saturated rings. The Hall–Kier alpha value is -2.25. The number of nitrogens with zero attached hydrogens (tertiary/aromatic N) is 1. The molecule has 0 unspecified atom stereocenters. The number of hydrogen-bond acceptors (Lipinski definition) is 4. The number of nitrogens with one attached hydrogen (secondary N) is 2. The summed E-state index contributed by atoms with van der Waals surface area (Å²) >= 11 is 19.5. The Bertz CT molecular complexity index is 1010. The number of aromatic nitrogens is 1. The van der Waals surface area contributed by atoms with Crippen molar-refractivity contribution in [1.82, 2.24) is 10.3 Å². The van der Waals surface area contributed by atoms with E-state index in [1.807, 2.05) is 18.2 Å². The molecule has 0 saturated carbocycles. The minimum Gasteiger partial charge on any atom is -0.306 e. The van der Waals surface area contributed by atoms with Crippen molar-refractivity contribution in [2.24, 2.45) is 0 Å². The molecule has 0 aliphatic heterocycles. The molecule has 0 spiro atoms. The highest BCUT2D eigenvalue weighted by Gasteiger charge is 2.17. The summed E-state index contributed by atoms with van der Waals surface area (Å²) in [6.45, 7) is 0. The summed E-state index contributed by atoms with van der Waals surface area (Å²) in [5, 5.41) is 6.35. The number of urea groups is 1. The van der Waals surface area contributed by atoms with E-state index in [0.717, 1.165) is 4.90 Å². The first-order valence-electron chi connectivity index (χ1n) is 7.89. The molecular weight excluding hydrogens is 441 g/mol. The summed E-state index contributed by atoms with van der Waals surface area (Å²) in [6.07, 6.45) is 1.48. The van der Waals surface area contributed by atoms with Crippen LogP contribution in [0.25, 0.3) is 0 Å². The zero-order valence-corrected chi connectivity index (χ0v) is 17.2. The Kier molecular flexibility index (Phi) is 6.80. The van der Waals surface area contributed by atoms with Gasteiger partial charge in [0, 0.05) is 4.90 Å². The van der Waals surface area contributed by atoms with Gasteiger partial charge in [0.2, 0.25) is 0 Å². The number of anilines is 1. The van der Waals surface area contributed by atoms with Crippen LogP contribution in [0.3, 0.4) is 0 Å². The summed E-state index contributed by atoms with van der Waals surface area (Å²) in [5.41, 5.74) is 0.449. The van der Waals surface area contributed by atoms with Gasteiger partial charge in [0.1, 0.15) is 5.03 Å². The number of hydrogen-bond donors (Lipinski definition) is 2. The van der Waals surface area contributed by atoms with Gasteiger partial charge < -0.3 is 5.32 Å². The second-order valence-corrected chi connectivity index (χ2v) is 7.71. The van der Waals surface area contributed by atoms with Crippen LogP contribution >= 0.6 is 46.6 Å². The Morgan fingerprint density at radius 3 is 2.18 bits per heavy atom. The first-order valence-corrected chi connectivity index (χ1v) is 9.84. The van der Waals surface area contributed by atoms with Gasteiger partial charge in [0.25, 0.3) is 5.91 Å². The van der Waals surface area contributed by atoms with Crippen molar-refractivity contribution in [2.75, 3.05) is 5.32 Å². The smallest absolute Gasteiger partial charge is 0.306 e. The number of rotatable bonds is 4. The van der Waals surface area contributed by atoms with E-state index in [2.05, 4.69) is 15.6 Å². The third kappa shape index (κ3) is 5.17. The topological polar surface area (TPSA) is 71.1 Å². The van der Waals surface area contributed by atoms with Gasteiger partial charge in [0.15, 0.2) is 0 Å². The maximum atomic E-state index is 12.2. The highest BCUT2D eigenvalue weighted by Crippen LogP contribution is 2.32. The van der Waals surface area contributed by atoms with Gasteiger partial charge in [-0.1, -0.05) is 64.8 Å². The maximum absolute atomic E-state index is 12.2. The Balaban J connectivity index is 1.61. The number of benzene rings is 2. The second-order valence-electron chi connectivity index (χ2n) is 5.42. The monoisotopic (exact) mass is 451 g/mol. The Labute approximate surface area is 180 Å². The van der Waals surface area contributed by atoms with Gasteiger partial charge in [-0.25, -0.2) is 9.78 Å². The largest absolute Gasteiger partial charge is 0.326 e. The lowest BCUT2D eigenvalue weighted by atomic mass is 10.2. The SMILES string of the molecule is O=C(NC(=O)c1c(Cl)cccc1Cl)Nc1ccc(Sc2ccccc2Cl)nc1. The molecular formula is C19H12Cl3N3O2S. The van der Waals surface area contributed by atoms with Gasteiger partial charge in [-0.05, 0) is 36.4 Å². The third-order valence-corrected chi connectivity index (χ3v) is 5.56.